The van der Waals surface area contributed by atoms with Gasteiger partial charge in [-0.05, 0) is 18.2 Å². The Morgan fingerprint density at radius 3 is 2.80 bits per heavy atom. The summed E-state index contributed by atoms with van der Waals surface area (Å²) >= 11 is 0. The smallest absolute Gasteiger partial charge is 0.248 e. The van der Waals surface area contributed by atoms with E-state index in [0.717, 1.165) is 11.3 Å². The number of rotatable bonds is 2. The Bertz CT molecular complexity index is 502. The Morgan fingerprint density at radius 1 is 1.40 bits per heavy atom. The molecule has 1 aromatic heterocycles. The van der Waals surface area contributed by atoms with E-state index in [1.807, 2.05) is 25.2 Å². The van der Waals surface area contributed by atoms with Gasteiger partial charge in [-0.3, -0.25) is 9.48 Å². The summed E-state index contributed by atoms with van der Waals surface area (Å²) in [6, 6.07) is 9.08. The van der Waals surface area contributed by atoms with Crippen molar-refractivity contribution in [3.8, 4) is 11.3 Å². The van der Waals surface area contributed by atoms with Crippen molar-refractivity contribution in [3.05, 3.63) is 42.1 Å². The highest BCUT2D eigenvalue weighted by molar-refractivity contribution is 5.93. The largest absolute Gasteiger partial charge is 0.366 e. The van der Waals surface area contributed by atoms with Crippen LogP contribution in [-0.4, -0.2) is 15.7 Å². The van der Waals surface area contributed by atoms with Crippen molar-refractivity contribution in [2.75, 3.05) is 0 Å². The maximum Gasteiger partial charge on any atom is 0.248 e. The summed E-state index contributed by atoms with van der Waals surface area (Å²) in [5, 5.41) is 4.07. The van der Waals surface area contributed by atoms with Crippen LogP contribution in [-0.2, 0) is 7.05 Å². The number of primary amides is 1. The van der Waals surface area contributed by atoms with E-state index in [4.69, 9.17) is 5.73 Å². The van der Waals surface area contributed by atoms with Crippen LogP contribution in [0.25, 0.3) is 11.3 Å². The molecule has 0 unspecified atom stereocenters. The molecule has 2 rings (SSSR count). The molecular weight excluding hydrogens is 190 g/mol. The van der Waals surface area contributed by atoms with Crippen LogP contribution < -0.4 is 5.73 Å². The number of nitrogens with two attached hydrogens (primary N) is 1. The molecule has 2 aromatic rings. The molecule has 76 valence electrons. The second-order valence-electron chi connectivity index (χ2n) is 3.29. The van der Waals surface area contributed by atoms with E-state index in [0.29, 0.717) is 5.56 Å². The van der Waals surface area contributed by atoms with E-state index >= 15 is 0 Å². The molecule has 0 atom stereocenters. The van der Waals surface area contributed by atoms with E-state index in [1.165, 1.54) is 0 Å². The molecule has 4 nitrogen and oxygen atoms in total. The number of hydrogen-bond acceptors (Lipinski definition) is 2. The number of amides is 1. The predicted molar refractivity (Wildman–Crippen MR) is 57.2 cm³/mol. The number of aromatic nitrogens is 2. The lowest BCUT2D eigenvalue weighted by atomic mass is 10.1. The van der Waals surface area contributed by atoms with Crippen LogP contribution in [0.5, 0.6) is 0 Å². The van der Waals surface area contributed by atoms with E-state index in [2.05, 4.69) is 5.10 Å². The number of carbonyl (C=O) groups excluding carboxylic acids is 1. The molecule has 1 amide bonds. The number of benzene rings is 1. The highest BCUT2D eigenvalue weighted by Crippen LogP contribution is 2.18. The third-order valence-corrected chi connectivity index (χ3v) is 2.26. The SMILES string of the molecule is Cn1nccc1-c1cccc(C(N)=O)c1. The van der Waals surface area contributed by atoms with Crippen LogP contribution in [0.3, 0.4) is 0 Å². The fraction of sp³-hybridized carbons (Fsp3) is 0.0909. The van der Waals surface area contributed by atoms with Gasteiger partial charge in [0.2, 0.25) is 5.91 Å². The minimum atomic E-state index is -0.418. The van der Waals surface area contributed by atoms with Gasteiger partial charge in [0.1, 0.15) is 0 Å². The van der Waals surface area contributed by atoms with E-state index in [-0.39, 0.29) is 0 Å². The summed E-state index contributed by atoms with van der Waals surface area (Å²) in [6.07, 6.45) is 1.71. The topological polar surface area (TPSA) is 60.9 Å². The van der Waals surface area contributed by atoms with Crippen LogP contribution in [0.4, 0.5) is 0 Å². The van der Waals surface area contributed by atoms with Gasteiger partial charge in [-0.1, -0.05) is 12.1 Å². The first-order chi connectivity index (χ1) is 7.18. The molecule has 0 bridgehead atoms. The average molecular weight is 201 g/mol. The summed E-state index contributed by atoms with van der Waals surface area (Å²) in [5.74, 6) is -0.418. The van der Waals surface area contributed by atoms with Crippen molar-refractivity contribution in [1.29, 1.82) is 0 Å². The fourth-order valence-corrected chi connectivity index (χ4v) is 1.49. The minimum Gasteiger partial charge on any atom is -0.366 e. The second kappa shape index (κ2) is 3.57. The molecule has 1 aromatic carbocycles. The Balaban J connectivity index is 2.50. The molecule has 0 aliphatic heterocycles. The first kappa shape index (κ1) is 9.45. The van der Waals surface area contributed by atoms with Crippen molar-refractivity contribution in [1.82, 2.24) is 9.78 Å². The summed E-state index contributed by atoms with van der Waals surface area (Å²) in [7, 11) is 1.85. The van der Waals surface area contributed by atoms with Gasteiger partial charge in [-0.2, -0.15) is 5.10 Å². The van der Waals surface area contributed by atoms with E-state index in [1.54, 1.807) is 23.0 Å². The first-order valence-electron chi connectivity index (χ1n) is 4.57. The lowest BCUT2D eigenvalue weighted by molar-refractivity contribution is 0.100. The van der Waals surface area contributed by atoms with Crippen molar-refractivity contribution in [2.45, 2.75) is 0 Å². The zero-order valence-electron chi connectivity index (χ0n) is 8.34. The lowest BCUT2D eigenvalue weighted by Crippen LogP contribution is -2.10. The number of nitrogens with zero attached hydrogens (tertiary/aromatic N) is 2. The van der Waals surface area contributed by atoms with E-state index in [9.17, 15) is 4.79 Å². The molecule has 2 N–H and O–H groups in total. The van der Waals surface area contributed by atoms with Gasteiger partial charge >= 0.3 is 0 Å². The summed E-state index contributed by atoms with van der Waals surface area (Å²) in [4.78, 5) is 11.0. The fourth-order valence-electron chi connectivity index (χ4n) is 1.49. The molecule has 0 spiro atoms. The Kier molecular flexibility index (Phi) is 2.25. The van der Waals surface area contributed by atoms with Gasteiger partial charge in [-0.25, -0.2) is 0 Å². The van der Waals surface area contributed by atoms with Crippen LogP contribution in [0.15, 0.2) is 36.5 Å². The standard InChI is InChI=1S/C11H11N3O/c1-14-10(5-6-13-14)8-3-2-4-9(7-8)11(12)15/h2-7H,1H3,(H2,12,15). The summed E-state index contributed by atoms with van der Waals surface area (Å²) in [5.41, 5.74) is 7.61. The Labute approximate surface area is 87.3 Å². The quantitative estimate of drug-likeness (QED) is 0.793. The lowest BCUT2D eigenvalue weighted by Gasteiger charge is -2.03. The molecule has 4 heteroatoms. The average Bonchev–Trinajstić information content (AvgIpc) is 2.64. The van der Waals surface area contributed by atoms with Crippen LogP contribution >= 0.6 is 0 Å². The molecule has 0 fully saturated rings. The van der Waals surface area contributed by atoms with Gasteiger partial charge in [0.05, 0.1) is 5.69 Å². The summed E-state index contributed by atoms with van der Waals surface area (Å²) < 4.78 is 1.75. The maximum atomic E-state index is 11.0. The normalized spacial score (nSPS) is 10.2. The first-order valence-corrected chi connectivity index (χ1v) is 4.57. The third-order valence-electron chi connectivity index (χ3n) is 2.26. The van der Waals surface area contributed by atoms with Crippen LogP contribution in [0.1, 0.15) is 10.4 Å². The highest BCUT2D eigenvalue weighted by atomic mass is 16.1. The molecule has 15 heavy (non-hydrogen) atoms. The van der Waals surface area contributed by atoms with Crippen molar-refractivity contribution in [3.63, 3.8) is 0 Å². The molecular formula is C11H11N3O. The van der Waals surface area contributed by atoms with Gasteiger partial charge in [0, 0.05) is 24.4 Å². The van der Waals surface area contributed by atoms with Crippen molar-refractivity contribution < 1.29 is 4.79 Å². The molecule has 1 heterocycles. The molecule has 0 radical (unpaired) electrons. The number of hydrogen-bond donors (Lipinski definition) is 1. The maximum absolute atomic E-state index is 11.0. The van der Waals surface area contributed by atoms with Crippen molar-refractivity contribution in [2.24, 2.45) is 12.8 Å². The van der Waals surface area contributed by atoms with E-state index < -0.39 is 5.91 Å². The molecule has 0 aliphatic carbocycles. The zero-order chi connectivity index (χ0) is 10.8. The molecule has 0 aliphatic rings. The van der Waals surface area contributed by atoms with Gasteiger partial charge in [-0.15, -0.1) is 0 Å². The Hall–Kier alpha value is -2.10. The van der Waals surface area contributed by atoms with Crippen LogP contribution in [0, 0.1) is 0 Å². The predicted octanol–water partition coefficient (Wildman–Crippen LogP) is 1.19. The zero-order valence-corrected chi connectivity index (χ0v) is 8.34. The summed E-state index contributed by atoms with van der Waals surface area (Å²) in [6.45, 7) is 0. The molecule has 0 saturated carbocycles. The van der Waals surface area contributed by atoms with Gasteiger partial charge in [0.25, 0.3) is 0 Å². The van der Waals surface area contributed by atoms with Gasteiger partial charge < -0.3 is 5.73 Å². The van der Waals surface area contributed by atoms with Crippen molar-refractivity contribution >= 4 is 5.91 Å². The monoisotopic (exact) mass is 201 g/mol. The van der Waals surface area contributed by atoms with Gasteiger partial charge in [0.15, 0.2) is 0 Å². The molecule has 0 saturated heterocycles. The second-order valence-corrected chi connectivity index (χ2v) is 3.29. The minimum absolute atomic E-state index is 0.418. The third kappa shape index (κ3) is 1.74. The Morgan fingerprint density at radius 2 is 2.20 bits per heavy atom. The van der Waals surface area contributed by atoms with Crippen LogP contribution in [0.2, 0.25) is 0 Å². The number of aryl methyl sites for hydroxylation is 1. The highest BCUT2D eigenvalue weighted by Gasteiger charge is 2.05. The number of carbonyl (C=O) groups is 1.